The normalized spacial score (nSPS) is 15.2. The molecule has 0 saturated carbocycles. The van der Waals surface area contributed by atoms with Crippen LogP contribution in [0, 0.1) is 5.41 Å². The summed E-state index contributed by atoms with van der Waals surface area (Å²) in [6, 6.07) is 8.79. The number of amides is 1. The van der Waals surface area contributed by atoms with Crippen molar-refractivity contribution in [2.45, 2.75) is 33.2 Å². The van der Waals surface area contributed by atoms with E-state index in [-0.39, 0.29) is 16.8 Å². The minimum absolute atomic E-state index is 0.00240. The van der Waals surface area contributed by atoms with E-state index in [1.807, 2.05) is 45.0 Å². The van der Waals surface area contributed by atoms with Crippen LogP contribution in [0.5, 0.6) is 0 Å². The van der Waals surface area contributed by atoms with E-state index in [1.54, 1.807) is 17.0 Å². The molecule has 0 fully saturated rings. The Kier molecular flexibility index (Phi) is 6.48. The summed E-state index contributed by atoms with van der Waals surface area (Å²) in [6.07, 6.45) is 0.997. The number of ketones is 1. The minimum Gasteiger partial charge on any atom is -0.333 e. The number of nitrogens with one attached hydrogen (secondary N) is 1. The molecule has 3 rings (SSSR count). The lowest BCUT2D eigenvalue weighted by Crippen LogP contribution is -2.39. The van der Waals surface area contributed by atoms with Crippen molar-refractivity contribution in [1.82, 2.24) is 14.8 Å². The Morgan fingerprint density at radius 2 is 1.87 bits per heavy atom. The maximum Gasteiger partial charge on any atom is 0.261 e. The summed E-state index contributed by atoms with van der Waals surface area (Å²) >= 11 is 6.09. The van der Waals surface area contributed by atoms with Gasteiger partial charge in [-0.3, -0.25) is 14.4 Å². The number of H-pyrrole nitrogens is 1. The Balaban J connectivity index is 1.95. The largest absolute Gasteiger partial charge is 0.333 e. The van der Waals surface area contributed by atoms with Gasteiger partial charge in [-0.1, -0.05) is 37.6 Å². The second-order valence-electron chi connectivity index (χ2n) is 9.01. The first kappa shape index (κ1) is 22.2. The Hall–Kier alpha value is -2.44. The number of aromatic nitrogens is 1. The molecule has 0 bridgehead atoms. The van der Waals surface area contributed by atoms with Gasteiger partial charge in [0.25, 0.3) is 11.5 Å². The molecule has 0 atom stereocenters. The smallest absolute Gasteiger partial charge is 0.261 e. The van der Waals surface area contributed by atoms with Gasteiger partial charge in [0, 0.05) is 42.3 Å². The molecule has 0 spiro atoms. The number of halogens is 1. The molecule has 1 heterocycles. The van der Waals surface area contributed by atoms with Gasteiger partial charge < -0.3 is 14.8 Å². The first-order chi connectivity index (χ1) is 14.1. The molecule has 0 saturated heterocycles. The number of fused-ring (bicyclic) bond motifs is 1. The molecule has 0 aliphatic heterocycles. The number of nitrogens with zero attached hydrogens (tertiary/aromatic N) is 2. The fourth-order valence-electron chi connectivity index (χ4n) is 3.79. The maximum atomic E-state index is 13.3. The van der Waals surface area contributed by atoms with Crippen molar-refractivity contribution in [3.8, 4) is 0 Å². The molecule has 1 aliphatic rings. The number of hydrogen-bond acceptors (Lipinski definition) is 4. The monoisotopic (exact) mass is 429 g/mol. The van der Waals surface area contributed by atoms with Crippen LogP contribution in [0.15, 0.2) is 35.1 Å². The average molecular weight is 430 g/mol. The van der Waals surface area contributed by atoms with Gasteiger partial charge in [-0.25, -0.2) is 0 Å². The van der Waals surface area contributed by atoms with Crippen molar-refractivity contribution >= 4 is 23.3 Å². The zero-order valence-electron chi connectivity index (χ0n) is 17.9. The fraction of sp³-hybridized carbons (Fsp3) is 0.435. The second-order valence-corrected chi connectivity index (χ2v) is 9.44. The van der Waals surface area contributed by atoms with Gasteiger partial charge >= 0.3 is 0 Å². The van der Waals surface area contributed by atoms with Crippen LogP contribution >= 0.6 is 11.6 Å². The third-order valence-electron chi connectivity index (χ3n) is 5.31. The maximum absolute atomic E-state index is 13.3. The number of hydrogen-bond donors (Lipinski definition) is 1. The number of aromatic amines is 1. The average Bonchev–Trinajstić information content (AvgIpc) is 2.63. The van der Waals surface area contributed by atoms with Gasteiger partial charge in [0.15, 0.2) is 5.78 Å². The molecule has 0 unspecified atom stereocenters. The van der Waals surface area contributed by atoms with E-state index in [9.17, 15) is 14.4 Å². The Labute approximate surface area is 181 Å². The minimum atomic E-state index is -0.454. The highest BCUT2D eigenvalue weighted by atomic mass is 35.5. The molecule has 7 heteroatoms. The van der Waals surface area contributed by atoms with E-state index < -0.39 is 11.5 Å². The highest BCUT2D eigenvalue weighted by Gasteiger charge is 2.33. The number of carbonyl (C=O) groups is 2. The van der Waals surface area contributed by atoms with Crippen molar-refractivity contribution in [3.63, 3.8) is 0 Å². The molecule has 1 amide bonds. The highest BCUT2D eigenvalue weighted by Crippen LogP contribution is 2.33. The van der Waals surface area contributed by atoms with Crippen LogP contribution < -0.4 is 5.56 Å². The summed E-state index contributed by atoms with van der Waals surface area (Å²) in [4.78, 5) is 45.1. The number of pyridine rings is 1. The topological polar surface area (TPSA) is 73.5 Å². The molecule has 1 aliphatic carbocycles. The summed E-state index contributed by atoms with van der Waals surface area (Å²) in [7, 11) is 3.85. The number of benzene rings is 1. The molecular weight excluding hydrogens is 402 g/mol. The van der Waals surface area contributed by atoms with Gasteiger partial charge in [-0.2, -0.15) is 0 Å². The summed E-state index contributed by atoms with van der Waals surface area (Å²) in [5.41, 5.74) is 1.29. The molecule has 1 aromatic carbocycles. The van der Waals surface area contributed by atoms with Crippen LogP contribution in [0.1, 0.15) is 52.2 Å². The third kappa shape index (κ3) is 5.18. The molecular formula is C23H28ClN3O3. The first-order valence-electron chi connectivity index (χ1n) is 10.0. The van der Waals surface area contributed by atoms with Crippen LogP contribution in [0.2, 0.25) is 5.02 Å². The summed E-state index contributed by atoms with van der Waals surface area (Å²) in [6.45, 7) is 5.40. The van der Waals surface area contributed by atoms with Gasteiger partial charge in [0.05, 0.1) is 0 Å². The Bertz CT molecular complexity index is 1030. The zero-order chi connectivity index (χ0) is 22.1. The van der Waals surface area contributed by atoms with E-state index in [2.05, 4.69) is 4.98 Å². The Morgan fingerprint density at radius 3 is 2.53 bits per heavy atom. The SMILES string of the molecule is CN(C)CCN(Cc1cccc(Cl)c1)C(=O)c1cc2c([nH]c1=O)CC(C)(C)CC2=O. The van der Waals surface area contributed by atoms with Crippen molar-refractivity contribution in [1.29, 1.82) is 0 Å². The molecule has 6 nitrogen and oxygen atoms in total. The van der Waals surface area contributed by atoms with Crippen molar-refractivity contribution in [2.24, 2.45) is 5.41 Å². The van der Waals surface area contributed by atoms with Gasteiger partial charge in [-0.15, -0.1) is 0 Å². The zero-order valence-corrected chi connectivity index (χ0v) is 18.7. The number of carbonyl (C=O) groups excluding carboxylic acids is 2. The molecule has 0 radical (unpaired) electrons. The van der Waals surface area contributed by atoms with E-state index in [4.69, 9.17) is 11.6 Å². The summed E-state index contributed by atoms with van der Waals surface area (Å²) < 4.78 is 0. The predicted molar refractivity (Wildman–Crippen MR) is 118 cm³/mol. The van der Waals surface area contributed by atoms with Crippen molar-refractivity contribution < 1.29 is 9.59 Å². The van der Waals surface area contributed by atoms with Gasteiger partial charge in [0.1, 0.15) is 5.56 Å². The van der Waals surface area contributed by atoms with Crippen molar-refractivity contribution in [3.05, 3.63) is 68.1 Å². The standard InChI is InChI=1S/C23H28ClN3O3/c1-23(2)12-19-17(20(28)13-23)11-18(21(29)25-19)22(30)27(9-8-26(3)4)14-15-6-5-7-16(24)10-15/h5-7,10-11H,8-9,12-14H2,1-4H3,(H,25,29). The fourth-order valence-corrected chi connectivity index (χ4v) is 4.00. The number of Topliss-reactive ketones (excluding diaryl/α,β-unsaturated/α-hetero) is 1. The molecule has 2 aromatic rings. The van der Waals surface area contributed by atoms with Gasteiger partial charge in [-0.05, 0) is 49.7 Å². The van der Waals surface area contributed by atoms with E-state index in [0.29, 0.717) is 48.8 Å². The van der Waals surface area contributed by atoms with Crippen LogP contribution in [0.25, 0.3) is 0 Å². The number of rotatable bonds is 6. The van der Waals surface area contributed by atoms with E-state index >= 15 is 0 Å². The van der Waals surface area contributed by atoms with E-state index in [1.165, 1.54) is 6.07 Å². The van der Waals surface area contributed by atoms with E-state index in [0.717, 1.165) is 5.56 Å². The molecule has 1 aromatic heterocycles. The lowest BCUT2D eigenvalue weighted by Gasteiger charge is -2.30. The number of likely N-dealkylation sites (N-methyl/N-ethyl adjacent to an activating group) is 1. The lowest BCUT2D eigenvalue weighted by molar-refractivity contribution is 0.0730. The first-order valence-corrected chi connectivity index (χ1v) is 10.4. The molecule has 1 N–H and O–H groups in total. The van der Waals surface area contributed by atoms with Crippen LogP contribution in [-0.2, 0) is 13.0 Å². The van der Waals surface area contributed by atoms with Crippen LogP contribution in [0.4, 0.5) is 0 Å². The molecule has 30 heavy (non-hydrogen) atoms. The van der Waals surface area contributed by atoms with Crippen LogP contribution in [0.3, 0.4) is 0 Å². The predicted octanol–water partition coefficient (Wildman–Crippen LogP) is 3.39. The van der Waals surface area contributed by atoms with Crippen molar-refractivity contribution in [2.75, 3.05) is 27.2 Å². The van der Waals surface area contributed by atoms with Gasteiger partial charge in [0.2, 0.25) is 0 Å². The third-order valence-corrected chi connectivity index (χ3v) is 5.55. The Morgan fingerprint density at radius 1 is 1.13 bits per heavy atom. The molecule has 160 valence electrons. The highest BCUT2D eigenvalue weighted by molar-refractivity contribution is 6.30. The quantitative estimate of drug-likeness (QED) is 0.763. The summed E-state index contributed by atoms with van der Waals surface area (Å²) in [5.74, 6) is -0.431. The summed E-state index contributed by atoms with van der Waals surface area (Å²) in [5, 5.41) is 0.590. The lowest BCUT2D eigenvalue weighted by atomic mass is 9.75. The van der Waals surface area contributed by atoms with Crippen LogP contribution in [-0.4, -0.2) is 53.7 Å². The second kappa shape index (κ2) is 8.74.